The number of thioether (sulfide) groups is 1. The van der Waals surface area contributed by atoms with E-state index in [4.69, 9.17) is 9.72 Å². The Morgan fingerprint density at radius 3 is 2.91 bits per heavy atom. The topological polar surface area (TPSA) is 64.4 Å². The predicted molar refractivity (Wildman–Crippen MR) is 135 cm³/mol. The number of amides is 1. The summed E-state index contributed by atoms with van der Waals surface area (Å²) in [5, 5.41) is 1.01. The number of ether oxygens (including phenoxy) is 1. The minimum atomic E-state index is -0.369. The standard InChI is InChI=1S/C25H29N3O3S2/c1-15-14-17-8-4-6-10-19(17)28(15)23(29)16(2)32-25-26-22-21(24(30)27(25)12-13-31-3)18-9-5-7-11-20(18)33-22/h4,6,8,10,15-16H,5,7,9,11-14H2,1-3H3. The van der Waals surface area contributed by atoms with E-state index < -0.39 is 0 Å². The van der Waals surface area contributed by atoms with Gasteiger partial charge in [0.2, 0.25) is 5.91 Å². The molecule has 0 spiro atoms. The van der Waals surface area contributed by atoms with Crippen LogP contribution < -0.4 is 10.5 Å². The molecule has 0 saturated carbocycles. The van der Waals surface area contributed by atoms with E-state index in [2.05, 4.69) is 13.0 Å². The highest BCUT2D eigenvalue weighted by atomic mass is 32.2. The highest BCUT2D eigenvalue weighted by molar-refractivity contribution is 8.00. The summed E-state index contributed by atoms with van der Waals surface area (Å²) in [6.45, 7) is 4.85. The van der Waals surface area contributed by atoms with Gasteiger partial charge in [-0.25, -0.2) is 4.98 Å². The van der Waals surface area contributed by atoms with Crippen LogP contribution in [0, 0.1) is 0 Å². The average Bonchev–Trinajstić information content (AvgIpc) is 3.34. The summed E-state index contributed by atoms with van der Waals surface area (Å²) in [5.74, 6) is 0.0514. The maximum Gasteiger partial charge on any atom is 0.263 e. The summed E-state index contributed by atoms with van der Waals surface area (Å²) < 4.78 is 6.99. The monoisotopic (exact) mass is 483 g/mol. The summed E-state index contributed by atoms with van der Waals surface area (Å²) in [6.07, 6.45) is 5.12. The molecule has 2 atom stereocenters. The van der Waals surface area contributed by atoms with Crippen molar-refractivity contribution in [3.8, 4) is 0 Å². The van der Waals surface area contributed by atoms with Gasteiger partial charge in [-0.15, -0.1) is 11.3 Å². The van der Waals surface area contributed by atoms with Gasteiger partial charge in [0.1, 0.15) is 4.83 Å². The molecular formula is C25H29N3O3S2. The molecule has 3 heterocycles. The first-order valence-electron chi connectivity index (χ1n) is 11.6. The quantitative estimate of drug-likeness (QED) is 0.383. The van der Waals surface area contributed by atoms with Crippen molar-refractivity contribution < 1.29 is 9.53 Å². The van der Waals surface area contributed by atoms with Crippen LogP contribution in [-0.2, 0) is 35.3 Å². The smallest absolute Gasteiger partial charge is 0.263 e. The summed E-state index contributed by atoms with van der Waals surface area (Å²) in [7, 11) is 1.63. The highest BCUT2D eigenvalue weighted by Gasteiger charge is 2.34. The zero-order valence-corrected chi connectivity index (χ0v) is 20.9. The second-order valence-corrected chi connectivity index (χ2v) is 11.3. The number of hydrogen-bond acceptors (Lipinski definition) is 6. The number of benzene rings is 1. The van der Waals surface area contributed by atoms with E-state index in [1.165, 1.54) is 34.2 Å². The first-order valence-corrected chi connectivity index (χ1v) is 13.3. The number of methoxy groups -OCH3 is 1. The van der Waals surface area contributed by atoms with Crippen LogP contribution in [0.2, 0.25) is 0 Å². The molecule has 0 saturated heterocycles. The first kappa shape index (κ1) is 22.6. The Morgan fingerprint density at radius 2 is 2.09 bits per heavy atom. The molecular weight excluding hydrogens is 454 g/mol. The molecule has 3 aromatic rings. The number of rotatable bonds is 6. The molecule has 33 heavy (non-hydrogen) atoms. The van der Waals surface area contributed by atoms with Crippen molar-refractivity contribution in [2.75, 3.05) is 18.6 Å². The van der Waals surface area contributed by atoms with Gasteiger partial charge in [0.15, 0.2) is 5.16 Å². The third-order valence-corrected chi connectivity index (χ3v) is 8.90. The Balaban J connectivity index is 1.50. The van der Waals surface area contributed by atoms with E-state index in [1.807, 2.05) is 30.0 Å². The lowest BCUT2D eigenvalue weighted by atomic mass is 9.97. The summed E-state index contributed by atoms with van der Waals surface area (Å²) in [6, 6.07) is 8.22. The molecule has 8 heteroatoms. The van der Waals surface area contributed by atoms with Crippen LogP contribution in [0.4, 0.5) is 5.69 Å². The largest absolute Gasteiger partial charge is 0.383 e. The number of hydrogen-bond donors (Lipinski definition) is 0. The summed E-state index contributed by atoms with van der Waals surface area (Å²) in [5.41, 5.74) is 3.39. The van der Waals surface area contributed by atoms with E-state index >= 15 is 0 Å². The maximum atomic E-state index is 13.6. The molecule has 1 amide bonds. The number of carbonyl (C=O) groups excluding carboxylic acids is 1. The van der Waals surface area contributed by atoms with Crippen molar-refractivity contribution in [3.63, 3.8) is 0 Å². The number of thiophene rings is 1. The molecule has 5 rings (SSSR count). The van der Waals surface area contributed by atoms with Gasteiger partial charge in [0.25, 0.3) is 5.56 Å². The van der Waals surface area contributed by atoms with Gasteiger partial charge in [-0.2, -0.15) is 0 Å². The minimum absolute atomic E-state index is 0.00140. The molecule has 6 nitrogen and oxygen atoms in total. The van der Waals surface area contributed by atoms with Crippen LogP contribution in [-0.4, -0.2) is 40.5 Å². The average molecular weight is 484 g/mol. The van der Waals surface area contributed by atoms with Crippen molar-refractivity contribution in [2.24, 2.45) is 0 Å². The molecule has 2 aliphatic rings. The number of anilines is 1. The zero-order chi connectivity index (χ0) is 23.1. The van der Waals surface area contributed by atoms with E-state index in [1.54, 1.807) is 23.0 Å². The maximum absolute atomic E-state index is 13.6. The number of para-hydroxylation sites is 1. The van der Waals surface area contributed by atoms with Gasteiger partial charge in [-0.1, -0.05) is 30.0 Å². The van der Waals surface area contributed by atoms with Gasteiger partial charge in [-0.3, -0.25) is 14.2 Å². The highest BCUT2D eigenvalue weighted by Crippen LogP contribution is 2.37. The van der Waals surface area contributed by atoms with Crippen molar-refractivity contribution in [3.05, 3.63) is 50.6 Å². The second-order valence-electron chi connectivity index (χ2n) is 8.89. The Labute approximate surface area is 202 Å². The fraction of sp³-hybridized carbons (Fsp3) is 0.480. The number of nitrogens with zero attached hydrogens (tertiary/aromatic N) is 3. The fourth-order valence-corrected chi connectivity index (χ4v) is 7.28. The Hall–Kier alpha value is -2.16. The predicted octanol–water partition coefficient (Wildman–Crippen LogP) is 4.44. The SMILES string of the molecule is COCCn1c(SC(C)C(=O)N2c3ccccc3CC2C)nc2sc3c(c2c1=O)CCCC3. The first-order chi connectivity index (χ1) is 16.0. The van der Waals surface area contributed by atoms with E-state index in [0.29, 0.717) is 18.3 Å². The van der Waals surface area contributed by atoms with Gasteiger partial charge >= 0.3 is 0 Å². The molecule has 1 aliphatic heterocycles. The van der Waals surface area contributed by atoms with Crippen LogP contribution in [0.3, 0.4) is 0 Å². The summed E-state index contributed by atoms with van der Waals surface area (Å²) in [4.78, 5) is 36.0. The van der Waals surface area contributed by atoms with Crippen LogP contribution >= 0.6 is 23.1 Å². The van der Waals surface area contributed by atoms with Crippen LogP contribution in [0.25, 0.3) is 10.2 Å². The number of aromatic nitrogens is 2. The molecule has 2 aromatic heterocycles. The molecule has 0 radical (unpaired) electrons. The Morgan fingerprint density at radius 1 is 1.30 bits per heavy atom. The Bertz CT molecular complexity index is 1270. The minimum Gasteiger partial charge on any atom is -0.383 e. The zero-order valence-electron chi connectivity index (χ0n) is 19.3. The van der Waals surface area contributed by atoms with Crippen LogP contribution in [0.15, 0.2) is 34.2 Å². The molecule has 1 aromatic carbocycles. The third kappa shape index (κ3) is 4.02. The van der Waals surface area contributed by atoms with Crippen molar-refractivity contribution in [1.29, 1.82) is 0 Å². The van der Waals surface area contributed by atoms with Crippen LogP contribution in [0.5, 0.6) is 0 Å². The Kier molecular flexibility index (Phi) is 6.33. The summed E-state index contributed by atoms with van der Waals surface area (Å²) >= 11 is 3.03. The lowest BCUT2D eigenvalue weighted by Gasteiger charge is -2.26. The van der Waals surface area contributed by atoms with Gasteiger partial charge < -0.3 is 9.64 Å². The van der Waals surface area contributed by atoms with E-state index in [9.17, 15) is 9.59 Å². The van der Waals surface area contributed by atoms with Crippen molar-refractivity contribution in [2.45, 2.75) is 68.9 Å². The van der Waals surface area contributed by atoms with Gasteiger partial charge in [-0.05, 0) is 63.1 Å². The second kappa shape index (κ2) is 9.24. The lowest BCUT2D eigenvalue weighted by Crippen LogP contribution is -2.40. The fourth-order valence-electron chi connectivity index (χ4n) is 5.00. The van der Waals surface area contributed by atoms with Crippen molar-refractivity contribution in [1.82, 2.24) is 9.55 Å². The normalized spacial score (nSPS) is 18.4. The molecule has 0 bridgehead atoms. The number of aryl methyl sites for hydroxylation is 2. The van der Waals surface area contributed by atoms with Crippen molar-refractivity contribution >= 4 is 44.9 Å². The third-order valence-electron chi connectivity index (χ3n) is 6.63. The number of carbonyl (C=O) groups is 1. The van der Waals surface area contributed by atoms with Gasteiger partial charge in [0, 0.05) is 23.7 Å². The van der Waals surface area contributed by atoms with Gasteiger partial charge in [0.05, 0.1) is 23.8 Å². The number of fused-ring (bicyclic) bond motifs is 4. The van der Waals surface area contributed by atoms with E-state index in [-0.39, 0.29) is 22.8 Å². The lowest BCUT2D eigenvalue weighted by molar-refractivity contribution is -0.118. The van der Waals surface area contributed by atoms with E-state index in [0.717, 1.165) is 41.6 Å². The molecule has 2 unspecified atom stereocenters. The molecule has 174 valence electrons. The molecule has 0 N–H and O–H groups in total. The molecule has 1 aliphatic carbocycles. The molecule has 0 fully saturated rings. The van der Waals surface area contributed by atoms with Crippen LogP contribution in [0.1, 0.15) is 42.7 Å².